The summed E-state index contributed by atoms with van der Waals surface area (Å²) in [5.74, 6) is -0.590. The van der Waals surface area contributed by atoms with Gasteiger partial charge < -0.3 is 5.73 Å². The predicted molar refractivity (Wildman–Crippen MR) is 39.1 cm³/mol. The molecule has 0 bridgehead atoms. The van der Waals surface area contributed by atoms with E-state index < -0.39 is 16.4 Å². The highest BCUT2D eigenvalue weighted by molar-refractivity contribution is 9.10. The maximum absolute atomic E-state index is 12.7. The molecule has 0 fully saturated rings. The Morgan fingerprint density at radius 2 is 2.30 bits per heavy atom. The van der Waals surface area contributed by atoms with Gasteiger partial charge in [0.2, 0.25) is 0 Å². The Morgan fingerprint density at radius 1 is 1.70 bits per heavy atom. The van der Waals surface area contributed by atoms with E-state index in [1.807, 2.05) is 0 Å². The van der Waals surface area contributed by atoms with E-state index in [0.717, 1.165) is 12.2 Å². The van der Waals surface area contributed by atoms with Crippen molar-refractivity contribution in [2.75, 3.05) is 0 Å². The summed E-state index contributed by atoms with van der Waals surface area (Å²) in [4.78, 5) is 0. The summed E-state index contributed by atoms with van der Waals surface area (Å²) < 4.78 is 23.7. The van der Waals surface area contributed by atoms with Crippen molar-refractivity contribution in [1.29, 1.82) is 0 Å². The molecule has 2 atom stereocenters. The van der Waals surface area contributed by atoms with E-state index in [4.69, 9.17) is 5.73 Å². The van der Waals surface area contributed by atoms with Gasteiger partial charge in [-0.15, -0.1) is 0 Å². The maximum Gasteiger partial charge on any atom is 0.153 e. The molecule has 0 aromatic carbocycles. The second kappa shape index (κ2) is 2.43. The Labute approximate surface area is 65.7 Å². The zero-order chi connectivity index (χ0) is 7.78. The summed E-state index contributed by atoms with van der Waals surface area (Å²) in [7, 11) is 0. The lowest BCUT2D eigenvalue weighted by Gasteiger charge is -2.22. The number of nitrogens with two attached hydrogens (primary N) is 1. The van der Waals surface area contributed by atoms with Gasteiger partial charge in [0, 0.05) is 0 Å². The highest BCUT2D eigenvalue weighted by Gasteiger charge is 2.30. The van der Waals surface area contributed by atoms with Gasteiger partial charge in [0.25, 0.3) is 0 Å². The van der Waals surface area contributed by atoms with Crippen LogP contribution in [0.3, 0.4) is 0 Å². The number of rotatable bonds is 0. The van der Waals surface area contributed by atoms with Crippen LogP contribution in [0.15, 0.2) is 24.1 Å². The van der Waals surface area contributed by atoms with Gasteiger partial charge in [0.15, 0.2) is 6.17 Å². The quantitative estimate of drug-likeness (QED) is 0.478. The van der Waals surface area contributed by atoms with E-state index >= 15 is 0 Å². The average Bonchev–Trinajstić information content (AvgIpc) is 1.81. The molecule has 0 heterocycles. The van der Waals surface area contributed by atoms with Crippen molar-refractivity contribution in [3.63, 3.8) is 0 Å². The van der Waals surface area contributed by atoms with Crippen molar-refractivity contribution < 1.29 is 8.78 Å². The standard InChI is InChI=1S/C6H6BrF2N/c7-6(10)2-1-4(8)3-5(6)9/h1-3,5H,10H2. The van der Waals surface area contributed by atoms with Crippen LogP contribution >= 0.6 is 15.9 Å². The first-order chi connectivity index (χ1) is 4.52. The van der Waals surface area contributed by atoms with E-state index in [1.54, 1.807) is 0 Å². The summed E-state index contributed by atoms with van der Waals surface area (Å²) in [6.45, 7) is 0. The summed E-state index contributed by atoms with van der Waals surface area (Å²) in [6, 6.07) is 0. The van der Waals surface area contributed by atoms with Gasteiger partial charge in [-0.2, -0.15) is 0 Å². The van der Waals surface area contributed by atoms with Gasteiger partial charge in [-0.05, 0) is 18.2 Å². The van der Waals surface area contributed by atoms with Crippen LogP contribution in [0.4, 0.5) is 8.78 Å². The number of alkyl halides is 2. The minimum atomic E-state index is -1.50. The number of hydrogen-bond acceptors (Lipinski definition) is 1. The van der Waals surface area contributed by atoms with Gasteiger partial charge in [-0.3, -0.25) is 0 Å². The van der Waals surface area contributed by atoms with Crippen LogP contribution in [0.1, 0.15) is 0 Å². The first-order valence-electron chi connectivity index (χ1n) is 2.71. The van der Waals surface area contributed by atoms with Crippen LogP contribution in [-0.4, -0.2) is 10.6 Å². The van der Waals surface area contributed by atoms with Crippen LogP contribution in [0.2, 0.25) is 0 Å². The van der Waals surface area contributed by atoms with Gasteiger partial charge in [-0.1, -0.05) is 15.9 Å². The van der Waals surface area contributed by atoms with Crippen molar-refractivity contribution >= 4 is 15.9 Å². The third-order valence-corrected chi connectivity index (χ3v) is 1.93. The van der Waals surface area contributed by atoms with E-state index in [0.29, 0.717) is 0 Å². The summed E-state index contributed by atoms with van der Waals surface area (Å²) in [5, 5.41) is 0. The van der Waals surface area contributed by atoms with Crippen molar-refractivity contribution in [3.05, 3.63) is 24.1 Å². The fourth-order valence-corrected chi connectivity index (χ4v) is 0.887. The topological polar surface area (TPSA) is 26.0 Å². The second-order valence-corrected chi connectivity index (χ2v) is 3.49. The molecule has 1 aliphatic rings. The SMILES string of the molecule is NC1(Br)C=CC(F)=CC1F. The van der Waals surface area contributed by atoms with Crippen LogP contribution in [0, 0.1) is 0 Å². The fourth-order valence-electron chi connectivity index (χ4n) is 0.622. The molecule has 0 amide bonds. The first-order valence-corrected chi connectivity index (χ1v) is 3.50. The lowest BCUT2D eigenvalue weighted by molar-refractivity contribution is 0.345. The molecule has 10 heavy (non-hydrogen) atoms. The van der Waals surface area contributed by atoms with Crippen molar-refractivity contribution in [2.45, 2.75) is 10.6 Å². The highest BCUT2D eigenvalue weighted by atomic mass is 79.9. The Balaban J connectivity index is 2.84. The molecule has 2 unspecified atom stereocenters. The number of hydrogen-bond donors (Lipinski definition) is 1. The molecular weight excluding hydrogens is 204 g/mol. The predicted octanol–water partition coefficient (Wildman–Crippen LogP) is 1.80. The van der Waals surface area contributed by atoms with Gasteiger partial charge in [0.05, 0.1) is 0 Å². The molecule has 0 saturated heterocycles. The molecule has 0 saturated carbocycles. The van der Waals surface area contributed by atoms with Crippen LogP contribution in [0.5, 0.6) is 0 Å². The van der Waals surface area contributed by atoms with E-state index in [1.165, 1.54) is 6.08 Å². The monoisotopic (exact) mass is 209 g/mol. The molecule has 0 radical (unpaired) electrons. The molecule has 2 N–H and O–H groups in total. The second-order valence-electron chi connectivity index (χ2n) is 2.11. The molecular formula is C6H6BrF2N. The Hall–Kier alpha value is -0.220. The van der Waals surface area contributed by atoms with Crippen molar-refractivity contribution in [2.24, 2.45) is 5.73 Å². The van der Waals surface area contributed by atoms with Gasteiger partial charge in [0.1, 0.15) is 10.3 Å². The lowest BCUT2D eigenvalue weighted by atomic mass is 10.1. The van der Waals surface area contributed by atoms with Gasteiger partial charge >= 0.3 is 0 Å². The summed E-state index contributed by atoms with van der Waals surface area (Å²) in [5.41, 5.74) is 5.33. The zero-order valence-corrected chi connectivity index (χ0v) is 6.61. The fraction of sp³-hybridized carbons (Fsp3) is 0.333. The molecule has 0 aromatic heterocycles. The normalized spacial score (nSPS) is 39.6. The van der Waals surface area contributed by atoms with Gasteiger partial charge in [-0.25, -0.2) is 8.78 Å². The average molecular weight is 210 g/mol. The molecule has 4 heteroatoms. The van der Waals surface area contributed by atoms with E-state index in [2.05, 4.69) is 15.9 Å². The zero-order valence-electron chi connectivity index (χ0n) is 5.02. The van der Waals surface area contributed by atoms with Crippen molar-refractivity contribution in [3.8, 4) is 0 Å². The maximum atomic E-state index is 12.7. The largest absolute Gasteiger partial charge is 0.310 e. The van der Waals surface area contributed by atoms with Crippen molar-refractivity contribution in [1.82, 2.24) is 0 Å². The molecule has 0 spiro atoms. The Kier molecular flexibility index (Phi) is 1.92. The molecule has 1 rings (SSSR count). The minimum absolute atomic E-state index is 0.590. The van der Waals surface area contributed by atoms with E-state index in [-0.39, 0.29) is 0 Å². The highest BCUT2D eigenvalue weighted by Crippen LogP contribution is 2.27. The molecule has 0 aliphatic heterocycles. The number of halogens is 3. The molecule has 56 valence electrons. The van der Waals surface area contributed by atoms with Crippen LogP contribution in [-0.2, 0) is 0 Å². The molecule has 1 nitrogen and oxygen atoms in total. The third kappa shape index (κ3) is 1.44. The van der Waals surface area contributed by atoms with Crippen LogP contribution in [0.25, 0.3) is 0 Å². The third-order valence-electron chi connectivity index (χ3n) is 1.23. The smallest absolute Gasteiger partial charge is 0.153 e. The van der Waals surface area contributed by atoms with E-state index in [9.17, 15) is 8.78 Å². The molecule has 1 aliphatic carbocycles. The van der Waals surface area contributed by atoms with Crippen LogP contribution < -0.4 is 5.73 Å². The number of allylic oxidation sites excluding steroid dienone is 2. The molecule has 0 aromatic rings. The Morgan fingerprint density at radius 3 is 2.70 bits per heavy atom. The lowest BCUT2D eigenvalue weighted by Crippen LogP contribution is -2.40. The minimum Gasteiger partial charge on any atom is -0.310 e. The summed E-state index contributed by atoms with van der Waals surface area (Å²) >= 11 is 2.89. The first kappa shape index (κ1) is 7.88. The Bertz CT molecular complexity index is 198. The summed E-state index contributed by atoms with van der Waals surface area (Å²) in [6.07, 6.45) is 1.70.